The Balaban J connectivity index is 1.80. The van der Waals surface area contributed by atoms with Gasteiger partial charge in [0.2, 0.25) is 0 Å². The zero-order chi connectivity index (χ0) is 22.4. The number of hydrogen-bond donors (Lipinski definition) is 1. The quantitative estimate of drug-likeness (QED) is 0.331. The number of alkyl halides is 3. The third-order valence-corrected chi connectivity index (χ3v) is 4.64. The number of anilines is 1. The predicted octanol–water partition coefficient (Wildman–Crippen LogP) is 4.25. The highest BCUT2D eigenvalue weighted by Crippen LogP contribution is 2.36. The lowest BCUT2D eigenvalue weighted by atomic mass is 10.2. The SMILES string of the molecule is Cn1nc(C(=O)Nc2cnn(Cc3c(F)cc(F)c(F)c3F)c2)c(Br)c1C(F)(F)F. The summed E-state index contributed by atoms with van der Waals surface area (Å²) in [6.07, 6.45) is -2.64. The highest BCUT2D eigenvalue weighted by atomic mass is 79.9. The zero-order valence-electron chi connectivity index (χ0n) is 14.7. The van der Waals surface area contributed by atoms with Gasteiger partial charge in [-0.2, -0.15) is 23.4 Å². The fourth-order valence-corrected chi connectivity index (χ4v) is 3.31. The molecule has 0 unspecified atom stereocenters. The average Bonchev–Trinajstić information content (AvgIpc) is 3.19. The Morgan fingerprint density at radius 2 is 1.83 bits per heavy atom. The van der Waals surface area contributed by atoms with Crippen LogP contribution in [0.1, 0.15) is 21.7 Å². The first kappa shape index (κ1) is 21.8. The highest BCUT2D eigenvalue weighted by molar-refractivity contribution is 9.10. The molecule has 2 aromatic heterocycles. The normalized spacial score (nSPS) is 11.8. The molecule has 160 valence electrons. The molecule has 3 rings (SSSR count). The van der Waals surface area contributed by atoms with E-state index in [4.69, 9.17) is 0 Å². The van der Waals surface area contributed by atoms with Crippen LogP contribution in [0.4, 0.5) is 36.4 Å². The maximum absolute atomic E-state index is 13.8. The fourth-order valence-electron chi connectivity index (χ4n) is 2.57. The summed E-state index contributed by atoms with van der Waals surface area (Å²) in [5, 5.41) is 9.46. The van der Waals surface area contributed by atoms with Crippen LogP contribution in [0.25, 0.3) is 0 Å². The Morgan fingerprint density at radius 3 is 2.43 bits per heavy atom. The summed E-state index contributed by atoms with van der Waals surface area (Å²) in [4.78, 5) is 12.3. The van der Waals surface area contributed by atoms with Crippen LogP contribution in [0.3, 0.4) is 0 Å². The number of aryl methyl sites for hydroxylation is 1. The van der Waals surface area contributed by atoms with Crippen LogP contribution in [0.5, 0.6) is 0 Å². The van der Waals surface area contributed by atoms with E-state index in [1.54, 1.807) is 0 Å². The smallest absolute Gasteiger partial charge is 0.318 e. The van der Waals surface area contributed by atoms with Crippen molar-refractivity contribution >= 4 is 27.5 Å². The maximum Gasteiger partial charge on any atom is 0.434 e. The van der Waals surface area contributed by atoms with Crippen LogP contribution in [-0.2, 0) is 19.8 Å². The topological polar surface area (TPSA) is 64.7 Å². The molecule has 0 bridgehead atoms. The van der Waals surface area contributed by atoms with Crippen molar-refractivity contribution < 1.29 is 35.5 Å². The molecule has 0 saturated carbocycles. The molecule has 1 N–H and O–H groups in total. The molecule has 0 spiro atoms. The highest BCUT2D eigenvalue weighted by Gasteiger charge is 2.39. The summed E-state index contributed by atoms with van der Waals surface area (Å²) in [6, 6.07) is 0.177. The zero-order valence-corrected chi connectivity index (χ0v) is 16.2. The van der Waals surface area contributed by atoms with Crippen LogP contribution in [-0.4, -0.2) is 25.5 Å². The molecule has 0 fully saturated rings. The van der Waals surface area contributed by atoms with Gasteiger partial charge in [0.05, 0.1) is 22.9 Å². The molecule has 1 amide bonds. The lowest BCUT2D eigenvalue weighted by molar-refractivity contribution is -0.144. The summed E-state index contributed by atoms with van der Waals surface area (Å²) in [5.41, 5.74) is -2.59. The van der Waals surface area contributed by atoms with Gasteiger partial charge in [0.25, 0.3) is 5.91 Å². The molecule has 2 heterocycles. The van der Waals surface area contributed by atoms with Crippen molar-refractivity contribution in [3.8, 4) is 0 Å². The number of rotatable bonds is 4. The van der Waals surface area contributed by atoms with E-state index in [1.165, 1.54) is 0 Å². The van der Waals surface area contributed by atoms with E-state index in [9.17, 15) is 35.5 Å². The van der Waals surface area contributed by atoms with Crippen LogP contribution < -0.4 is 5.32 Å². The van der Waals surface area contributed by atoms with Crippen molar-refractivity contribution in [2.75, 3.05) is 5.32 Å². The van der Waals surface area contributed by atoms with Crippen molar-refractivity contribution in [3.63, 3.8) is 0 Å². The molecule has 0 radical (unpaired) electrons. The summed E-state index contributed by atoms with van der Waals surface area (Å²) in [6.45, 7) is -0.643. The summed E-state index contributed by atoms with van der Waals surface area (Å²) >= 11 is 2.70. The van der Waals surface area contributed by atoms with E-state index in [0.29, 0.717) is 4.68 Å². The molecular weight excluding hydrogens is 491 g/mol. The van der Waals surface area contributed by atoms with Crippen molar-refractivity contribution in [3.05, 3.63) is 63.2 Å². The van der Waals surface area contributed by atoms with Gasteiger partial charge in [-0.15, -0.1) is 0 Å². The number of halogens is 8. The predicted molar refractivity (Wildman–Crippen MR) is 91.5 cm³/mol. The van der Waals surface area contributed by atoms with E-state index < -0.39 is 63.3 Å². The van der Waals surface area contributed by atoms with Gasteiger partial charge in [0.1, 0.15) is 5.82 Å². The molecule has 14 heteroatoms. The summed E-state index contributed by atoms with van der Waals surface area (Å²) < 4.78 is 93.6. The van der Waals surface area contributed by atoms with Gasteiger partial charge in [-0.1, -0.05) is 0 Å². The first-order valence-electron chi connectivity index (χ1n) is 7.85. The minimum absolute atomic E-state index is 0.0467. The largest absolute Gasteiger partial charge is 0.434 e. The van der Waals surface area contributed by atoms with Crippen molar-refractivity contribution in [1.29, 1.82) is 0 Å². The summed E-state index contributed by atoms with van der Waals surface area (Å²) in [5.74, 6) is -7.64. The van der Waals surface area contributed by atoms with Crippen molar-refractivity contribution in [2.45, 2.75) is 12.7 Å². The Morgan fingerprint density at radius 1 is 1.17 bits per heavy atom. The number of amides is 1. The number of aromatic nitrogens is 4. The van der Waals surface area contributed by atoms with E-state index >= 15 is 0 Å². The number of hydrogen-bond acceptors (Lipinski definition) is 3. The van der Waals surface area contributed by atoms with Gasteiger partial charge in [0, 0.05) is 24.9 Å². The van der Waals surface area contributed by atoms with Crippen LogP contribution >= 0.6 is 15.9 Å². The maximum atomic E-state index is 13.8. The van der Waals surface area contributed by atoms with Crippen LogP contribution in [0, 0.1) is 23.3 Å². The lowest BCUT2D eigenvalue weighted by Gasteiger charge is -2.07. The van der Waals surface area contributed by atoms with E-state index in [-0.39, 0.29) is 11.8 Å². The summed E-state index contributed by atoms with van der Waals surface area (Å²) in [7, 11) is 1.01. The molecular formula is C16H9BrF7N5O. The molecule has 3 aromatic rings. The van der Waals surface area contributed by atoms with Gasteiger partial charge in [-0.25, -0.2) is 17.6 Å². The molecule has 0 aliphatic rings. The van der Waals surface area contributed by atoms with E-state index in [0.717, 1.165) is 24.1 Å². The van der Waals surface area contributed by atoms with Gasteiger partial charge in [-0.3, -0.25) is 14.2 Å². The molecule has 0 aliphatic heterocycles. The van der Waals surface area contributed by atoms with Gasteiger partial charge < -0.3 is 5.32 Å². The molecule has 0 saturated heterocycles. The van der Waals surface area contributed by atoms with Crippen LogP contribution in [0.2, 0.25) is 0 Å². The Kier molecular flexibility index (Phi) is 5.62. The van der Waals surface area contributed by atoms with Gasteiger partial charge in [0.15, 0.2) is 28.8 Å². The number of carbonyl (C=O) groups excluding carboxylic acids is 1. The fraction of sp³-hybridized carbons (Fsp3) is 0.188. The molecule has 30 heavy (non-hydrogen) atoms. The molecule has 1 aromatic carbocycles. The first-order chi connectivity index (χ1) is 13.9. The number of carbonyl (C=O) groups is 1. The lowest BCUT2D eigenvalue weighted by Crippen LogP contribution is -2.13. The Bertz CT molecular complexity index is 1140. The average molecular weight is 500 g/mol. The minimum atomic E-state index is -4.76. The number of benzene rings is 1. The Labute approximate surface area is 171 Å². The number of nitrogens with zero attached hydrogens (tertiary/aromatic N) is 4. The molecule has 0 atom stereocenters. The monoisotopic (exact) mass is 499 g/mol. The van der Waals surface area contributed by atoms with E-state index in [1.807, 2.05) is 0 Å². The van der Waals surface area contributed by atoms with E-state index in [2.05, 4.69) is 31.4 Å². The second kappa shape index (κ2) is 7.74. The first-order valence-corrected chi connectivity index (χ1v) is 8.64. The van der Waals surface area contributed by atoms with Crippen molar-refractivity contribution in [1.82, 2.24) is 19.6 Å². The number of nitrogens with one attached hydrogen (secondary N) is 1. The standard InChI is InChI=1S/C16H9BrF7N5O/c1-28-14(16(22,23)24)10(17)13(27-28)15(30)26-6-3-25-29(4-6)5-7-8(18)2-9(19)12(21)11(7)20/h2-4H,5H2,1H3,(H,26,30). The van der Waals surface area contributed by atoms with Crippen LogP contribution in [0.15, 0.2) is 22.9 Å². The second-order valence-electron chi connectivity index (χ2n) is 5.96. The van der Waals surface area contributed by atoms with Crippen molar-refractivity contribution in [2.24, 2.45) is 7.05 Å². The third-order valence-electron chi connectivity index (χ3n) is 3.89. The molecule has 6 nitrogen and oxygen atoms in total. The van der Waals surface area contributed by atoms with Gasteiger partial charge >= 0.3 is 6.18 Å². The third kappa shape index (κ3) is 4.04. The minimum Gasteiger partial charge on any atom is -0.318 e. The van der Waals surface area contributed by atoms with Gasteiger partial charge in [-0.05, 0) is 15.9 Å². The second-order valence-corrected chi connectivity index (χ2v) is 6.75. The Hall–Kier alpha value is -2.90. The molecule has 0 aliphatic carbocycles.